The van der Waals surface area contributed by atoms with Crippen LogP contribution in [0.25, 0.3) is 0 Å². The second kappa shape index (κ2) is 17.1. The molecule has 9 nitrogen and oxygen atoms in total. The first-order chi connectivity index (χ1) is 25.5. The van der Waals surface area contributed by atoms with Crippen molar-refractivity contribution in [3.8, 4) is 11.8 Å². The van der Waals surface area contributed by atoms with Crippen molar-refractivity contribution < 1.29 is 30.1 Å². The van der Waals surface area contributed by atoms with Crippen LogP contribution in [0.2, 0.25) is 0 Å². The summed E-state index contributed by atoms with van der Waals surface area (Å²) in [6.07, 6.45) is 19.5. The van der Waals surface area contributed by atoms with E-state index >= 15 is 0 Å². The van der Waals surface area contributed by atoms with Gasteiger partial charge < -0.3 is 30.6 Å². The molecule has 0 radical (unpaired) electrons. The number of carbonyl (C=O) groups is 1. The van der Waals surface area contributed by atoms with Crippen LogP contribution in [0.5, 0.6) is 0 Å². The minimum Gasteiger partial charge on any atom is -0.394 e. The highest BCUT2D eigenvalue weighted by atomic mass is 16.7. The summed E-state index contributed by atoms with van der Waals surface area (Å²) < 4.78 is 0. The highest BCUT2D eigenvalue weighted by Crippen LogP contribution is 2.65. The van der Waals surface area contributed by atoms with Gasteiger partial charge in [-0.1, -0.05) is 44.4 Å². The smallest absolute Gasteiger partial charge is 0.240 e. The number of aliphatic hydroxyl groups is 4. The molecule has 5 N–H and O–H groups in total. The molecule has 0 aromatic carbocycles. The Labute approximate surface area is 320 Å². The quantitative estimate of drug-likeness (QED) is 0.151. The van der Waals surface area contributed by atoms with E-state index in [4.69, 9.17) is 4.84 Å². The van der Waals surface area contributed by atoms with E-state index in [0.717, 1.165) is 82.6 Å². The van der Waals surface area contributed by atoms with Crippen LogP contribution in [0, 0.1) is 64.6 Å². The topological polar surface area (TPSA) is 126 Å². The molecule has 7 rings (SSSR count). The largest absolute Gasteiger partial charge is 0.394 e. The van der Waals surface area contributed by atoms with Crippen molar-refractivity contribution in [2.45, 2.75) is 172 Å². The molecule has 0 bridgehead atoms. The third-order valence-corrected chi connectivity index (χ3v) is 16.3. The van der Waals surface area contributed by atoms with Crippen molar-refractivity contribution in [3.63, 3.8) is 0 Å². The summed E-state index contributed by atoms with van der Waals surface area (Å²) in [6, 6.07) is -0.0129. The number of hydrogen-bond acceptors (Lipinski definition) is 8. The van der Waals surface area contributed by atoms with Crippen LogP contribution in [-0.2, 0) is 9.63 Å². The van der Waals surface area contributed by atoms with Crippen LogP contribution in [0.1, 0.15) is 136 Å². The molecule has 0 spiro atoms. The van der Waals surface area contributed by atoms with E-state index in [0.29, 0.717) is 36.9 Å². The average molecular weight is 740 g/mol. The van der Waals surface area contributed by atoms with Gasteiger partial charge in [-0.3, -0.25) is 9.63 Å². The standard InChI is InChI=1S/C44H73N3O6/c1-29(49)40-39(28-48)53-47(41(40)42(51)45-23-8-24-46(3)33-11-5-4-6-12-33)27-31-10-7-9-30(25-31)17-21-44(52)22-19-38-37-15-13-32-26-34(50)14-16-35(32)36(37)18-20-43(38,44)2/h29-41,48-50,52H,4-16,18-20,22-28H2,1-3H3,(H,45,51)/t29-,30?,31?,32?,34?,35?,36+,37+,38-,39-,40+,41-,43-,44-/m0/s1. The number of aliphatic hydroxyl groups excluding tert-OH is 3. The number of nitrogens with zero attached hydrogens (tertiary/aromatic N) is 2. The Bertz CT molecular complexity index is 1300. The first kappa shape index (κ1) is 40.0. The molecule has 53 heavy (non-hydrogen) atoms. The zero-order valence-corrected chi connectivity index (χ0v) is 33.3. The SMILES string of the molecule is C[C@H](O)[C@@H]1[C@H](CO)ON(CC2CCCC(C#C[C@]3(O)CC[C@H]4[C@@H]5CCC6CC(O)CCC6[C@H]5CC[C@@]43C)C2)[C@@H]1C(=O)NCCCN(C)C1CCCCC1. The average Bonchev–Trinajstić information content (AvgIpc) is 3.66. The molecule has 7 fully saturated rings. The molecule has 300 valence electrons. The van der Waals surface area contributed by atoms with Gasteiger partial charge in [-0.15, -0.1) is 0 Å². The molecular weight excluding hydrogens is 666 g/mol. The van der Waals surface area contributed by atoms with Crippen molar-refractivity contribution in [1.29, 1.82) is 0 Å². The van der Waals surface area contributed by atoms with Gasteiger partial charge >= 0.3 is 0 Å². The fourth-order valence-corrected chi connectivity index (χ4v) is 13.4. The first-order valence-electron chi connectivity index (χ1n) is 22.1. The number of hydroxylamine groups is 2. The summed E-state index contributed by atoms with van der Waals surface area (Å²) in [7, 11) is 2.20. The van der Waals surface area contributed by atoms with Gasteiger partial charge in [0.25, 0.3) is 0 Å². The lowest BCUT2D eigenvalue weighted by Gasteiger charge is -2.56. The summed E-state index contributed by atoms with van der Waals surface area (Å²) in [5.74, 6) is 10.4. The third-order valence-electron chi connectivity index (χ3n) is 16.3. The fourth-order valence-electron chi connectivity index (χ4n) is 13.4. The Morgan fingerprint density at radius 2 is 1.75 bits per heavy atom. The van der Waals surface area contributed by atoms with Crippen molar-refractivity contribution in [2.75, 3.05) is 33.3 Å². The zero-order chi connectivity index (χ0) is 37.3. The maximum atomic E-state index is 13.8. The predicted octanol–water partition coefficient (Wildman–Crippen LogP) is 5.29. The van der Waals surface area contributed by atoms with Crippen molar-refractivity contribution in [3.05, 3.63) is 0 Å². The lowest BCUT2D eigenvalue weighted by atomic mass is 9.49. The molecule has 9 heteroatoms. The maximum absolute atomic E-state index is 13.8. The predicted molar refractivity (Wildman–Crippen MR) is 206 cm³/mol. The molecule has 1 aliphatic heterocycles. The lowest BCUT2D eigenvalue weighted by molar-refractivity contribution is -0.183. The molecular formula is C44H73N3O6. The Kier molecular flexibility index (Phi) is 12.9. The van der Waals surface area contributed by atoms with Crippen LogP contribution >= 0.6 is 0 Å². The van der Waals surface area contributed by atoms with Gasteiger partial charge in [-0.25, -0.2) is 0 Å². The van der Waals surface area contributed by atoms with E-state index in [1.165, 1.54) is 57.8 Å². The van der Waals surface area contributed by atoms with Crippen LogP contribution in [0.15, 0.2) is 0 Å². The summed E-state index contributed by atoms with van der Waals surface area (Å²) in [5, 5.41) is 48.6. The van der Waals surface area contributed by atoms with Crippen molar-refractivity contribution in [2.24, 2.45) is 52.8 Å². The zero-order valence-electron chi connectivity index (χ0n) is 33.3. The number of nitrogens with one attached hydrogen (secondary N) is 1. The molecule has 5 unspecified atom stereocenters. The van der Waals surface area contributed by atoms with Crippen LogP contribution in [-0.4, -0.2) is 106 Å². The molecule has 6 aliphatic carbocycles. The van der Waals surface area contributed by atoms with Crippen LogP contribution in [0.4, 0.5) is 0 Å². The van der Waals surface area contributed by atoms with Gasteiger partial charge in [0.15, 0.2) is 0 Å². The monoisotopic (exact) mass is 740 g/mol. The Morgan fingerprint density at radius 1 is 0.962 bits per heavy atom. The fraction of sp³-hybridized carbons (Fsp3) is 0.932. The van der Waals surface area contributed by atoms with Gasteiger partial charge in [-0.05, 0) is 152 Å². The van der Waals surface area contributed by atoms with Gasteiger partial charge in [0.2, 0.25) is 5.91 Å². The number of fused-ring (bicyclic) bond motifs is 5. The minimum atomic E-state index is -0.944. The first-order valence-corrected chi connectivity index (χ1v) is 22.1. The van der Waals surface area contributed by atoms with Crippen LogP contribution in [0.3, 0.4) is 0 Å². The third kappa shape index (κ3) is 8.27. The molecule has 1 saturated heterocycles. The van der Waals surface area contributed by atoms with E-state index in [9.17, 15) is 25.2 Å². The van der Waals surface area contributed by atoms with Crippen molar-refractivity contribution >= 4 is 5.91 Å². The van der Waals surface area contributed by atoms with E-state index in [2.05, 4.69) is 36.0 Å². The Hall–Kier alpha value is -1.25. The molecule has 6 saturated carbocycles. The highest BCUT2D eigenvalue weighted by Gasteiger charge is 2.62. The normalized spacial score (nSPS) is 44.0. The second-order valence-corrected chi connectivity index (χ2v) is 19.4. The minimum absolute atomic E-state index is 0.103. The second-order valence-electron chi connectivity index (χ2n) is 19.4. The molecule has 7 aliphatic rings. The highest BCUT2D eigenvalue weighted by molar-refractivity contribution is 5.82. The van der Waals surface area contributed by atoms with E-state index in [1.807, 2.05) is 0 Å². The van der Waals surface area contributed by atoms with Gasteiger partial charge in [0.1, 0.15) is 17.7 Å². The number of rotatable bonds is 10. The lowest BCUT2D eigenvalue weighted by Crippen LogP contribution is -2.53. The van der Waals surface area contributed by atoms with Crippen LogP contribution < -0.4 is 5.32 Å². The summed E-state index contributed by atoms with van der Waals surface area (Å²) in [6.45, 7) is 5.88. The number of hydrogen-bond donors (Lipinski definition) is 5. The molecule has 1 amide bonds. The number of carbonyl (C=O) groups excluding carboxylic acids is 1. The van der Waals surface area contributed by atoms with E-state index in [-0.39, 0.29) is 35.9 Å². The maximum Gasteiger partial charge on any atom is 0.240 e. The Balaban J connectivity index is 0.957. The molecule has 0 aromatic heterocycles. The van der Waals surface area contributed by atoms with Crippen molar-refractivity contribution in [1.82, 2.24) is 15.3 Å². The van der Waals surface area contributed by atoms with Gasteiger partial charge in [-0.2, -0.15) is 5.06 Å². The summed E-state index contributed by atoms with van der Waals surface area (Å²) in [5.41, 5.74) is -1.11. The summed E-state index contributed by atoms with van der Waals surface area (Å²) >= 11 is 0. The molecule has 1 heterocycles. The molecule has 0 aromatic rings. The number of amides is 1. The Morgan fingerprint density at radius 3 is 2.53 bits per heavy atom. The van der Waals surface area contributed by atoms with Gasteiger partial charge in [0, 0.05) is 36.4 Å². The molecule has 14 atom stereocenters. The van der Waals surface area contributed by atoms with E-state index < -0.39 is 29.8 Å². The summed E-state index contributed by atoms with van der Waals surface area (Å²) in [4.78, 5) is 22.5. The van der Waals surface area contributed by atoms with Gasteiger partial charge in [0.05, 0.1) is 18.8 Å². The van der Waals surface area contributed by atoms with E-state index in [1.54, 1.807) is 12.0 Å².